The Bertz CT molecular complexity index is 311. The molecular formula is C11H23NO3S. The molecule has 0 aliphatic carbocycles. The second kappa shape index (κ2) is 6.91. The van der Waals surface area contributed by atoms with Crippen LogP contribution in [0.4, 0.5) is 0 Å². The molecule has 0 aromatic heterocycles. The van der Waals surface area contributed by atoms with Crippen LogP contribution in [0.5, 0.6) is 0 Å². The first-order valence-electron chi connectivity index (χ1n) is 5.58. The number of nitrogens with zero attached hydrogens (tertiary/aromatic N) is 1. The number of aliphatic hydroxyl groups is 1. The Balaban J connectivity index is 4.22. The average Bonchev–Trinajstić information content (AvgIpc) is 2.20. The molecule has 16 heavy (non-hydrogen) atoms. The van der Waals surface area contributed by atoms with Crippen LogP contribution in [0.1, 0.15) is 33.1 Å². The van der Waals surface area contributed by atoms with Gasteiger partial charge in [-0.2, -0.15) is 0 Å². The smallest absolute Gasteiger partial charge is 0.231 e. The quantitative estimate of drug-likeness (QED) is 0.745. The zero-order chi connectivity index (χ0) is 12.8. The fourth-order valence-electron chi connectivity index (χ4n) is 1.17. The summed E-state index contributed by atoms with van der Waals surface area (Å²) in [6.45, 7) is 3.96. The summed E-state index contributed by atoms with van der Waals surface area (Å²) in [7, 11) is -1.69. The van der Waals surface area contributed by atoms with Crippen LogP contribution in [0.2, 0.25) is 0 Å². The van der Waals surface area contributed by atoms with E-state index in [1.165, 1.54) is 13.2 Å². The number of unbranched alkanes of at least 4 members (excludes halogenated alkanes) is 1. The lowest BCUT2D eigenvalue weighted by molar-refractivity contribution is 0.125. The molecule has 0 aliphatic rings. The first-order chi connectivity index (χ1) is 7.29. The van der Waals surface area contributed by atoms with Crippen molar-refractivity contribution >= 4 is 10.0 Å². The maximum Gasteiger partial charge on any atom is 0.231 e. The Kier molecular flexibility index (Phi) is 6.67. The van der Waals surface area contributed by atoms with Gasteiger partial charge in [0.2, 0.25) is 10.0 Å². The van der Waals surface area contributed by atoms with Crippen LogP contribution >= 0.6 is 0 Å². The number of hydrogen-bond donors (Lipinski definition) is 1. The molecule has 0 unspecified atom stereocenters. The van der Waals surface area contributed by atoms with E-state index in [1.807, 2.05) is 6.92 Å². The van der Waals surface area contributed by atoms with Crippen molar-refractivity contribution in [1.29, 1.82) is 0 Å². The van der Waals surface area contributed by atoms with Crippen LogP contribution in [-0.4, -0.2) is 37.2 Å². The molecule has 0 heterocycles. The maximum absolute atomic E-state index is 11.1. The van der Waals surface area contributed by atoms with Gasteiger partial charge in [-0.3, -0.25) is 4.31 Å². The lowest BCUT2D eigenvalue weighted by atomic mass is 10.00. The molecule has 5 heteroatoms. The Morgan fingerprint density at radius 2 is 2.00 bits per heavy atom. The Morgan fingerprint density at radius 3 is 2.44 bits per heavy atom. The van der Waals surface area contributed by atoms with Crippen molar-refractivity contribution in [2.45, 2.75) is 39.2 Å². The molecule has 0 aromatic carbocycles. The van der Waals surface area contributed by atoms with Gasteiger partial charge in [-0.15, -0.1) is 0 Å². The molecule has 0 saturated heterocycles. The Morgan fingerprint density at radius 1 is 1.44 bits per heavy atom. The van der Waals surface area contributed by atoms with Gasteiger partial charge in [-0.25, -0.2) is 8.42 Å². The fraction of sp³-hybridized carbons (Fsp3) is 0.818. The molecule has 96 valence electrons. The van der Waals surface area contributed by atoms with Crippen molar-refractivity contribution in [3.8, 4) is 0 Å². The van der Waals surface area contributed by atoms with Crippen LogP contribution in [0.15, 0.2) is 12.3 Å². The third kappa shape index (κ3) is 6.12. The van der Waals surface area contributed by atoms with Crippen LogP contribution in [0, 0.1) is 5.92 Å². The molecule has 0 bridgehead atoms. The van der Waals surface area contributed by atoms with E-state index >= 15 is 0 Å². The van der Waals surface area contributed by atoms with Crippen molar-refractivity contribution < 1.29 is 13.5 Å². The molecule has 1 N–H and O–H groups in total. The highest BCUT2D eigenvalue weighted by Gasteiger charge is 2.11. The summed E-state index contributed by atoms with van der Waals surface area (Å²) in [6.07, 6.45) is 6.76. The van der Waals surface area contributed by atoms with Crippen molar-refractivity contribution in [2.75, 3.05) is 13.3 Å². The summed E-state index contributed by atoms with van der Waals surface area (Å²) in [6, 6.07) is 0. The molecule has 0 radical (unpaired) electrons. The first kappa shape index (κ1) is 15.4. The van der Waals surface area contributed by atoms with Crippen molar-refractivity contribution in [2.24, 2.45) is 5.92 Å². The van der Waals surface area contributed by atoms with Gasteiger partial charge in [0.05, 0.1) is 12.4 Å². The third-order valence-corrected chi connectivity index (χ3v) is 3.75. The normalized spacial score (nSPS) is 16.3. The van der Waals surface area contributed by atoms with Gasteiger partial charge < -0.3 is 5.11 Å². The van der Waals surface area contributed by atoms with Gasteiger partial charge >= 0.3 is 0 Å². The highest BCUT2D eigenvalue weighted by Crippen LogP contribution is 2.12. The van der Waals surface area contributed by atoms with Gasteiger partial charge in [0.25, 0.3) is 0 Å². The summed E-state index contributed by atoms with van der Waals surface area (Å²) >= 11 is 0. The average molecular weight is 249 g/mol. The van der Waals surface area contributed by atoms with E-state index in [1.54, 1.807) is 6.08 Å². The zero-order valence-corrected chi connectivity index (χ0v) is 11.4. The first-order valence-corrected chi connectivity index (χ1v) is 7.43. The number of aliphatic hydroxyl groups excluding tert-OH is 1. The lowest BCUT2D eigenvalue weighted by Gasteiger charge is -2.16. The molecule has 2 atom stereocenters. The van der Waals surface area contributed by atoms with Gasteiger partial charge in [-0.05, 0) is 6.42 Å². The van der Waals surface area contributed by atoms with Gasteiger partial charge in [0.15, 0.2) is 0 Å². The summed E-state index contributed by atoms with van der Waals surface area (Å²) in [5, 5.41) is 9.75. The minimum absolute atomic E-state index is 0.0317. The molecule has 0 saturated carbocycles. The van der Waals surface area contributed by atoms with Crippen molar-refractivity contribution in [3.05, 3.63) is 12.3 Å². The fourth-order valence-corrected chi connectivity index (χ4v) is 1.46. The highest BCUT2D eigenvalue weighted by molar-refractivity contribution is 7.88. The van der Waals surface area contributed by atoms with Gasteiger partial charge in [0.1, 0.15) is 0 Å². The number of hydrogen-bond acceptors (Lipinski definition) is 3. The summed E-state index contributed by atoms with van der Waals surface area (Å²) in [5.41, 5.74) is 0. The SMILES string of the molecule is CCCC[C@@H](O)[C@@H](C)/C=C\N(C)S(C)(=O)=O. The van der Waals surface area contributed by atoms with Gasteiger partial charge in [-0.1, -0.05) is 32.8 Å². The molecule has 4 nitrogen and oxygen atoms in total. The molecular weight excluding hydrogens is 226 g/mol. The third-order valence-electron chi connectivity index (χ3n) is 2.58. The molecule has 0 fully saturated rings. The zero-order valence-electron chi connectivity index (χ0n) is 10.5. The van der Waals surface area contributed by atoms with E-state index in [-0.39, 0.29) is 5.92 Å². The van der Waals surface area contributed by atoms with E-state index < -0.39 is 16.1 Å². The maximum atomic E-state index is 11.1. The van der Waals surface area contributed by atoms with E-state index in [2.05, 4.69) is 6.92 Å². The van der Waals surface area contributed by atoms with Crippen LogP contribution in [0.3, 0.4) is 0 Å². The largest absolute Gasteiger partial charge is 0.393 e. The van der Waals surface area contributed by atoms with E-state index in [4.69, 9.17) is 0 Å². The second-order valence-corrected chi connectivity index (χ2v) is 6.23. The summed E-state index contributed by atoms with van der Waals surface area (Å²) in [4.78, 5) is 0. The van der Waals surface area contributed by atoms with Crippen LogP contribution in [-0.2, 0) is 10.0 Å². The second-order valence-electron chi connectivity index (χ2n) is 4.19. The summed E-state index contributed by atoms with van der Waals surface area (Å²) in [5.74, 6) is -0.0317. The lowest BCUT2D eigenvalue weighted by Crippen LogP contribution is -2.21. The van der Waals surface area contributed by atoms with Crippen molar-refractivity contribution in [3.63, 3.8) is 0 Å². The highest BCUT2D eigenvalue weighted by atomic mass is 32.2. The number of rotatable bonds is 7. The molecule has 0 aliphatic heterocycles. The van der Waals surface area contributed by atoms with Gasteiger partial charge in [0, 0.05) is 19.2 Å². The number of sulfonamides is 1. The van der Waals surface area contributed by atoms with Crippen LogP contribution < -0.4 is 0 Å². The molecule has 0 spiro atoms. The standard InChI is InChI=1S/C11H23NO3S/c1-5-6-7-11(13)10(2)8-9-12(3)16(4,14)15/h8-11,13H,5-7H2,1-4H3/b9-8-/t10-,11+/m0/s1. The van der Waals surface area contributed by atoms with E-state index in [0.717, 1.165) is 29.8 Å². The predicted molar refractivity (Wildman–Crippen MR) is 66.4 cm³/mol. The molecule has 0 amide bonds. The van der Waals surface area contributed by atoms with E-state index in [9.17, 15) is 13.5 Å². The minimum Gasteiger partial charge on any atom is -0.393 e. The van der Waals surface area contributed by atoms with Crippen molar-refractivity contribution in [1.82, 2.24) is 4.31 Å². The molecule has 0 rings (SSSR count). The molecule has 0 aromatic rings. The van der Waals surface area contributed by atoms with E-state index in [0.29, 0.717) is 0 Å². The topological polar surface area (TPSA) is 57.6 Å². The minimum atomic E-state index is -3.18. The Hall–Kier alpha value is -0.550. The Labute approximate surface area is 99.0 Å². The monoisotopic (exact) mass is 249 g/mol. The predicted octanol–water partition coefficient (Wildman–Crippen LogP) is 1.58. The summed E-state index contributed by atoms with van der Waals surface area (Å²) < 4.78 is 23.3. The van der Waals surface area contributed by atoms with Crippen LogP contribution in [0.25, 0.3) is 0 Å².